The van der Waals surface area contributed by atoms with E-state index in [2.05, 4.69) is 4.98 Å². The van der Waals surface area contributed by atoms with Gasteiger partial charge in [0, 0.05) is 11.9 Å². The molecule has 0 aromatic carbocycles. The molecule has 0 saturated heterocycles. The molecule has 1 amide bonds. The van der Waals surface area contributed by atoms with Gasteiger partial charge in [-0.25, -0.2) is 4.98 Å². The molecule has 0 saturated carbocycles. The van der Waals surface area contributed by atoms with E-state index in [1.54, 1.807) is 13.1 Å². The molecule has 106 valence electrons. The number of carbonyl (C=O) groups is 1. The largest absolute Gasteiger partial charge is 0.339 e. The van der Waals surface area contributed by atoms with Crippen molar-refractivity contribution in [1.82, 2.24) is 14.5 Å². The van der Waals surface area contributed by atoms with Crippen molar-refractivity contribution in [2.45, 2.75) is 13.1 Å². The predicted molar refractivity (Wildman–Crippen MR) is 77.5 cm³/mol. The number of carbonyl (C=O) groups excluding carboxylic acids is 1. The Kier molecular flexibility index (Phi) is 4.59. The van der Waals surface area contributed by atoms with Crippen LogP contribution in [-0.2, 0) is 17.9 Å². The van der Waals surface area contributed by atoms with Crippen LogP contribution in [0.4, 0.5) is 0 Å². The van der Waals surface area contributed by atoms with E-state index in [0.717, 1.165) is 4.88 Å². The molecule has 0 aliphatic rings. The predicted octanol–water partition coefficient (Wildman–Crippen LogP) is 2.00. The Labute approximate surface area is 130 Å². The molecule has 21 heavy (non-hydrogen) atoms. The van der Waals surface area contributed by atoms with Crippen LogP contribution < -0.4 is 0 Å². The SMILES string of the molecule is CN(Cc1ccc(Cl)s1)C(=O)Cn1cnc(C#N)c1C#N. The average molecular weight is 320 g/mol. The maximum atomic E-state index is 12.1. The van der Waals surface area contributed by atoms with Crippen LogP contribution in [0.25, 0.3) is 0 Å². The lowest BCUT2D eigenvalue weighted by atomic mass is 10.3. The van der Waals surface area contributed by atoms with Crippen molar-refractivity contribution in [3.63, 3.8) is 0 Å². The second kappa shape index (κ2) is 6.40. The van der Waals surface area contributed by atoms with Crippen LogP contribution >= 0.6 is 22.9 Å². The molecule has 0 atom stereocenters. The van der Waals surface area contributed by atoms with E-state index < -0.39 is 0 Å². The van der Waals surface area contributed by atoms with Crippen molar-refractivity contribution in [1.29, 1.82) is 10.5 Å². The van der Waals surface area contributed by atoms with Gasteiger partial charge in [-0.1, -0.05) is 11.6 Å². The van der Waals surface area contributed by atoms with Crippen molar-refractivity contribution in [2.75, 3.05) is 7.05 Å². The van der Waals surface area contributed by atoms with Gasteiger partial charge in [0.2, 0.25) is 5.91 Å². The van der Waals surface area contributed by atoms with E-state index in [-0.39, 0.29) is 23.8 Å². The Hall–Kier alpha value is -2.35. The highest BCUT2D eigenvalue weighted by molar-refractivity contribution is 7.16. The normalized spacial score (nSPS) is 9.90. The summed E-state index contributed by atoms with van der Waals surface area (Å²) >= 11 is 7.26. The quantitative estimate of drug-likeness (QED) is 0.862. The lowest BCUT2D eigenvalue weighted by Gasteiger charge is -2.16. The Bertz CT molecular complexity index is 751. The Balaban J connectivity index is 2.06. The number of likely N-dealkylation sites (N-methyl/N-ethyl adjacent to an activating group) is 1. The molecule has 2 aromatic rings. The van der Waals surface area contributed by atoms with Gasteiger partial charge in [0.25, 0.3) is 0 Å². The molecular formula is C13H10ClN5OS. The van der Waals surface area contributed by atoms with E-state index in [1.807, 2.05) is 18.2 Å². The van der Waals surface area contributed by atoms with Gasteiger partial charge in [0.1, 0.15) is 18.7 Å². The van der Waals surface area contributed by atoms with E-state index in [0.29, 0.717) is 10.9 Å². The molecule has 2 aromatic heterocycles. The molecule has 2 rings (SSSR count). The topological polar surface area (TPSA) is 85.7 Å². The number of hydrogen-bond donors (Lipinski definition) is 0. The second-order valence-electron chi connectivity index (χ2n) is 4.25. The Morgan fingerprint density at radius 2 is 2.24 bits per heavy atom. The van der Waals surface area contributed by atoms with Gasteiger partial charge < -0.3 is 9.47 Å². The lowest BCUT2D eigenvalue weighted by molar-refractivity contribution is -0.131. The number of hydrogen-bond acceptors (Lipinski definition) is 5. The molecule has 0 radical (unpaired) electrons. The average Bonchev–Trinajstić information content (AvgIpc) is 3.04. The Morgan fingerprint density at radius 1 is 1.48 bits per heavy atom. The van der Waals surface area contributed by atoms with Gasteiger partial charge in [-0.15, -0.1) is 11.3 Å². The molecule has 6 nitrogen and oxygen atoms in total. The van der Waals surface area contributed by atoms with Crippen LogP contribution in [0.2, 0.25) is 4.34 Å². The number of nitrogens with zero attached hydrogens (tertiary/aromatic N) is 5. The van der Waals surface area contributed by atoms with Crippen molar-refractivity contribution in [3.8, 4) is 12.1 Å². The smallest absolute Gasteiger partial charge is 0.242 e. The first-order chi connectivity index (χ1) is 10.0. The van der Waals surface area contributed by atoms with E-state index >= 15 is 0 Å². The third-order valence-electron chi connectivity index (χ3n) is 2.80. The minimum atomic E-state index is -0.182. The molecule has 0 aliphatic carbocycles. The molecule has 0 unspecified atom stereocenters. The third-order valence-corrected chi connectivity index (χ3v) is 4.02. The van der Waals surface area contributed by atoms with Crippen molar-refractivity contribution >= 4 is 28.8 Å². The van der Waals surface area contributed by atoms with Gasteiger partial charge in [-0.3, -0.25) is 4.79 Å². The van der Waals surface area contributed by atoms with Crippen molar-refractivity contribution in [3.05, 3.63) is 39.1 Å². The zero-order valence-corrected chi connectivity index (χ0v) is 12.6. The number of amides is 1. The van der Waals surface area contributed by atoms with Gasteiger partial charge in [0.15, 0.2) is 11.4 Å². The number of rotatable bonds is 4. The summed E-state index contributed by atoms with van der Waals surface area (Å²) in [6, 6.07) is 7.35. The summed E-state index contributed by atoms with van der Waals surface area (Å²) in [6.07, 6.45) is 1.32. The summed E-state index contributed by atoms with van der Waals surface area (Å²) in [5.74, 6) is -0.182. The van der Waals surface area contributed by atoms with Gasteiger partial charge >= 0.3 is 0 Å². The van der Waals surface area contributed by atoms with E-state index in [9.17, 15) is 4.79 Å². The number of thiophene rings is 1. The minimum Gasteiger partial charge on any atom is -0.339 e. The van der Waals surface area contributed by atoms with Gasteiger partial charge in [-0.2, -0.15) is 10.5 Å². The molecule has 0 spiro atoms. The highest BCUT2D eigenvalue weighted by Crippen LogP contribution is 2.22. The summed E-state index contributed by atoms with van der Waals surface area (Å²) < 4.78 is 2.05. The molecule has 0 N–H and O–H groups in total. The van der Waals surface area contributed by atoms with Crippen LogP contribution in [-0.4, -0.2) is 27.4 Å². The van der Waals surface area contributed by atoms with Crippen molar-refractivity contribution in [2.24, 2.45) is 0 Å². The standard InChI is InChI=1S/C13H10ClN5OS/c1-18(6-9-2-3-12(14)21-9)13(20)7-19-8-17-10(4-15)11(19)5-16/h2-3,8H,6-7H2,1H3. The van der Waals surface area contributed by atoms with E-state index in [4.69, 9.17) is 22.1 Å². The molecular weight excluding hydrogens is 310 g/mol. The first-order valence-electron chi connectivity index (χ1n) is 5.88. The third kappa shape index (κ3) is 3.40. The first-order valence-corrected chi connectivity index (χ1v) is 7.08. The Morgan fingerprint density at radius 3 is 2.81 bits per heavy atom. The number of nitriles is 2. The monoisotopic (exact) mass is 319 g/mol. The lowest BCUT2D eigenvalue weighted by Crippen LogP contribution is -2.29. The van der Waals surface area contributed by atoms with Crippen LogP contribution in [0.3, 0.4) is 0 Å². The van der Waals surface area contributed by atoms with Gasteiger partial charge in [-0.05, 0) is 12.1 Å². The first kappa shape index (κ1) is 15.0. The number of imidazole rings is 1. The molecule has 0 aliphatic heterocycles. The number of aromatic nitrogens is 2. The molecule has 0 fully saturated rings. The van der Waals surface area contributed by atoms with E-state index in [1.165, 1.54) is 27.1 Å². The molecule has 0 bridgehead atoms. The maximum Gasteiger partial charge on any atom is 0.242 e. The highest BCUT2D eigenvalue weighted by Gasteiger charge is 2.16. The second-order valence-corrected chi connectivity index (χ2v) is 6.05. The summed E-state index contributed by atoms with van der Waals surface area (Å²) in [6.45, 7) is 0.408. The summed E-state index contributed by atoms with van der Waals surface area (Å²) in [4.78, 5) is 18.5. The fraction of sp³-hybridized carbons (Fsp3) is 0.231. The summed E-state index contributed by atoms with van der Waals surface area (Å²) in [5.41, 5.74) is 0.122. The fourth-order valence-corrected chi connectivity index (χ4v) is 2.87. The number of halogens is 1. The molecule has 8 heteroatoms. The van der Waals surface area contributed by atoms with Crippen LogP contribution in [0.1, 0.15) is 16.3 Å². The highest BCUT2D eigenvalue weighted by atomic mass is 35.5. The van der Waals surface area contributed by atoms with Crippen LogP contribution in [0.5, 0.6) is 0 Å². The maximum absolute atomic E-state index is 12.1. The minimum absolute atomic E-state index is 0.0259. The zero-order chi connectivity index (χ0) is 15.4. The summed E-state index contributed by atoms with van der Waals surface area (Å²) in [5, 5.41) is 17.8. The molecule has 2 heterocycles. The zero-order valence-electron chi connectivity index (χ0n) is 11.1. The van der Waals surface area contributed by atoms with Gasteiger partial charge in [0.05, 0.1) is 17.2 Å². The van der Waals surface area contributed by atoms with Crippen LogP contribution in [0.15, 0.2) is 18.5 Å². The fourth-order valence-electron chi connectivity index (χ4n) is 1.73. The summed E-state index contributed by atoms with van der Waals surface area (Å²) in [7, 11) is 1.67. The van der Waals surface area contributed by atoms with Crippen molar-refractivity contribution < 1.29 is 4.79 Å². The van der Waals surface area contributed by atoms with Crippen LogP contribution in [0, 0.1) is 22.7 Å².